The third kappa shape index (κ3) is 2.12. The van der Waals surface area contributed by atoms with Crippen LogP contribution in [-0.2, 0) is 11.3 Å². The molecule has 1 aromatic heterocycles. The standard InChI is InChI=1S/C10H18N4OS/c1-3-5-14-9(11-12-10(14)16)13(2)8-4-6-15-7-8/h8H,3-7H2,1-2H3,(H,12,16). The quantitative estimate of drug-likeness (QED) is 0.814. The lowest BCUT2D eigenvalue weighted by Gasteiger charge is -2.24. The van der Waals surface area contributed by atoms with E-state index < -0.39 is 0 Å². The SMILES string of the molecule is CCCn1c(N(C)C2CCOC2)n[nH]c1=S. The second-order valence-electron chi connectivity index (χ2n) is 4.11. The fourth-order valence-corrected chi connectivity index (χ4v) is 2.21. The second-order valence-corrected chi connectivity index (χ2v) is 4.50. The molecular formula is C10H18N4OS. The van der Waals surface area contributed by atoms with Gasteiger partial charge in [0, 0.05) is 20.2 Å². The Bertz CT molecular complexity index is 394. The minimum absolute atomic E-state index is 0.417. The van der Waals surface area contributed by atoms with Crippen molar-refractivity contribution in [1.29, 1.82) is 0 Å². The van der Waals surface area contributed by atoms with Crippen LogP contribution in [-0.4, -0.2) is 41.1 Å². The van der Waals surface area contributed by atoms with E-state index in [-0.39, 0.29) is 0 Å². The van der Waals surface area contributed by atoms with E-state index in [1.54, 1.807) is 0 Å². The molecule has 0 radical (unpaired) electrons. The van der Waals surface area contributed by atoms with E-state index in [4.69, 9.17) is 17.0 Å². The molecule has 1 aromatic rings. The first-order chi connectivity index (χ1) is 7.74. The molecule has 90 valence electrons. The summed E-state index contributed by atoms with van der Waals surface area (Å²) in [6, 6.07) is 0.417. The first kappa shape index (κ1) is 11.6. The Kier molecular flexibility index (Phi) is 3.60. The van der Waals surface area contributed by atoms with E-state index in [2.05, 4.69) is 29.1 Å². The minimum atomic E-state index is 0.417. The number of likely N-dealkylation sites (N-methyl/N-ethyl adjacent to an activating group) is 1. The van der Waals surface area contributed by atoms with Crippen molar-refractivity contribution in [1.82, 2.24) is 14.8 Å². The van der Waals surface area contributed by atoms with Gasteiger partial charge in [-0.3, -0.25) is 4.57 Å². The van der Waals surface area contributed by atoms with Crippen LogP contribution in [0.15, 0.2) is 0 Å². The van der Waals surface area contributed by atoms with Crippen molar-refractivity contribution in [3.8, 4) is 0 Å². The molecule has 16 heavy (non-hydrogen) atoms. The van der Waals surface area contributed by atoms with Gasteiger partial charge in [-0.1, -0.05) is 6.92 Å². The van der Waals surface area contributed by atoms with Crippen LogP contribution in [0.25, 0.3) is 0 Å². The van der Waals surface area contributed by atoms with Crippen LogP contribution in [0.5, 0.6) is 0 Å². The molecule has 0 amide bonds. The van der Waals surface area contributed by atoms with E-state index in [0.717, 1.165) is 38.5 Å². The van der Waals surface area contributed by atoms with Gasteiger partial charge in [0.1, 0.15) is 0 Å². The van der Waals surface area contributed by atoms with Crippen LogP contribution >= 0.6 is 12.2 Å². The van der Waals surface area contributed by atoms with E-state index in [1.807, 2.05) is 4.57 Å². The molecule has 0 aromatic carbocycles. The maximum Gasteiger partial charge on any atom is 0.225 e. The van der Waals surface area contributed by atoms with Gasteiger partial charge in [-0.25, -0.2) is 5.10 Å². The number of nitrogens with zero attached hydrogens (tertiary/aromatic N) is 3. The van der Waals surface area contributed by atoms with E-state index >= 15 is 0 Å². The summed E-state index contributed by atoms with van der Waals surface area (Å²) in [5, 5.41) is 7.15. The lowest BCUT2D eigenvalue weighted by molar-refractivity contribution is 0.193. The van der Waals surface area contributed by atoms with Gasteiger partial charge in [0.05, 0.1) is 12.6 Å². The third-order valence-corrected chi connectivity index (χ3v) is 3.27. The Balaban J connectivity index is 2.21. The first-order valence-electron chi connectivity index (χ1n) is 5.69. The molecule has 1 unspecified atom stereocenters. The van der Waals surface area contributed by atoms with Gasteiger partial charge in [-0.15, -0.1) is 5.10 Å². The topological polar surface area (TPSA) is 46.1 Å². The average Bonchev–Trinajstić information content (AvgIpc) is 2.89. The molecule has 6 heteroatoms. The zero-order valence-corrected chi connectivity index (χ0v) is 10.6. The highest BCUT2D eigenvalue weighted by Crippen LogP contribution is 2.18. The molecular weight excluding hydrogens is 224 g/mol. The average molecular weight is 242 g/mol. The molecule has 0 spiro atoms. The van der Waals surface area contributed by atoms with Crippen LogP contribution in [0.1, 0.15) is 19.8 Å². The van der Waals surface area contributed by atoms with Crippen LogP contribution in [0.4, 0.5) is 5.95 Å². The van der Waals surface area contributed by atoms with Crippen molar-refractivity contribution in [3.63, 3.8) is 0 Å². The van der Waals surface area contributed by atoms with Crippen molar-refractivity contribution < 1.29 is 4.74 Å². The number of hydrogen-bond donors (Lipinski definition) is 1. The molecule has 1 fully saturated rings. The van der Waals surface area contributed by atoms with Gasteiger partial charge < -0.3 is 9.64 Å². The summed E-state index contributed by atoms with van der Waals surface area (Å²) in [4.78, 5) is 2.16. The molecule has 1 aliphatic rings. The van der Waals surface area contributed by atoms with Crippen LogP contribution in [0.3, 0.4) is 0 Å². The molecule has 2 heterocycles. The fraction of sp³-hybridized carbons (Fsp3) is 0.800. The fourth-order valence-electron chi connectivity index (χ4n) is 1.99. The smallest absolute Gasteiger partial charge is 0.225 e. The number of aromatic amines is 1. The van der Waals surface area contributed by atoms with Crippen molar-refractivity contribution in [3.05, 3.63) is 4.77 Å². The normalized spacial score (nSPS) is 20.2. The first-order valence-corrected chi connectivity index (χ1v) is 6.10. The number of H-pyrrole nitrogens is 1. The Labute approximate surface area is 100 Å². The summed E-state index contributed by atoms with van der Waals surface area (Å²) in [6.45, 7) is 4.66. The second kappa shape index (κ2) is 4.97. The zero-order valence-electron chi connectivity index (χ0n) is 9.77. The number of ether oxygens (including phenoxy) is 1. The Hall–Kier alpha value is -0.880. The molecule has 1 atom stereocenters. The number of nitrogens with one attached hydrogen (secondary N) is 1. The largest absolute Gasteiger partial charge is 0.379 e. The predicted molar refractivity (Wildman–Crippen MR) is 65.3 cm³/mol. The molecule has 5 nitrogen and oxygen atoms in total. The Morgan fingerprint density at radius 1 is 1.69 bits per heavy atom. The maximum atomic E-state index is 5.39. The van der Waals surface area contributed by atoms with Gasteiger partial charge in [0.2, 0.25) is 5.95 Å². The number of rotatable bonds is 4. The summed E-state index contributed by atoms with van der Waals surface area (Å²) in [6.07, 6.45) is 2.11. The maximum absolute atomic E-state index is 5.39. The van der Waals surface area contributed by atoms with Crippen molar-refractivity contribution in [2.75, 3.05) is 25.2 Å². The highest BCUT2D eigenvalue weighted by molar-refractivity contribution is 7.71. The molecule has 0 bridgehead atoms. The van der Waals surface area contributed by atoms with Gasteiger partial charge in [-0.05, 0) is 25.1 Å². The van der Waals surface area contributed by atoms with Crippen molar-refractivity contribution in [2.24, 2.45) is 0 Å². The summed E-state index contributed by atoms with van der Waals surface area (Å²) >= 11 is 5.22. The highest BCUT2D eigenvalue weighted by atomic mass is 32.1. The molecule has 0 saturated carbocycles. The molecule has 2 rings (SSSR count). The Morgan fingerprint density at radius 3 is 3.12 bits per heavy atom. The number of aromatic nitrogens is 3. The van der Waals surface area contributed by atoms with Crippen LogP contribution < -0.4 is 4.90 Å². The highest BCUT2D eigenvalue weighted by Gasteiger charge is 2.23. The van der Waals surface area contributed by atoms with E-state index in [0.29, 0.717) is 10.8 Å². The van der Waals surface area contributed by atoms with Gasteiger partial charge >= 0.3 is 0 Å². The third-order valence-electron chi connectivity index (χ3n) is 2.95. The summed E-state index contributed by atoms with van der Waals surface area (Å²) in [5.41, 5.74) is 0. The molecule has 1 saturated heterocycles. The van der Waals surface area contributed by atoms with Gasteiger partial charge in [0.15, 0.2) is 4.77 Å². The zero-order chi connectivity index (χ0) is 11.5. The predicted octanol–water partition coefficient (Wildman–Crippen LogP) is 1.58. The molecule has 1 N–H and O–H groups in total. The lowest BCUT2D eigenvalue weighted by Crippen LogP contribution is -2.34. The number of hydrogen-bond acceptors (Lipinski definition) is 4. The summed E-state index contributed by atoms with van der Waals surface area (Å²) in [5.74, 6) is 0.919. The monoisotopic (exact) mass is 242 g/mol. The Morgan fingerprint density at radius 2 is 2.50 bits per heavy atom. The minimum Gasteiger partial charge on any atom is -0.379 e. The van der Waals surface area contributed by atoms with Crippen LogP contribution in [0, 0.1) is 4.77 Å². The van der Waals surface area contributed by atoms with Gasteiger partial charge in [0.25, 0.3) is 0 Å². The molecule has 0 aliphatic carbocycles. The van der Waals surface area contributed by atoms with Crippen molar-refractivity contribution >= 4 is 18.2 Å². The van der Waals surface area contributed by atoms with Crippen LogP contribution in [0.2, 0.25) is 0 Å². The van der Waals surface area contributed by atoms with E-state index in [1.165, 1.54) is 0 Å². The number of anilines is 1. The molecule has 1 aliphatic heterocycles. The van der Waals surface area contributed by atoms with E-state index in [9.17, 15) is 0 Å². The summed E-state index contributed by atoms with van der Waals surface area (Å²) < 4.78 is 8.14. The van der Waals surface area contributed by atoms with Crippen molar-refractivity contribution in [2.45, 2.75) is 32.4 Å². The summed E-state index contributed by atoms with van der Waals surface area (Å²) in [7, 11) is 2.05. The lowest BCUT2D eigenvalue weighted by atomic mass is 10.2. The van der Waals surface area contributed by atoms with Gasteiger partial charge in [-0.2, -0.15) is 0 Å².